The van der Waals surface area contributed by atoms with Gasteiger partial charge < -0.3 is 10.0 Å². The molecule has 122 valence electrons. The quantitative estimate of drug-likeness (QED) is 0.906. The lowest BCUT2D eigenvalue weighted by Gasteiger charge is -2.25. The maximum absolute atomic E-state index is 12.6. The molecule has 3 unspecified atom stereocenters. The van der Waals surface area contributed by atoms with Gasteiger partial charge >= 0.3 is 0 Å². The second-order valence-electron chi connectivity index (χ2n) is 6.25. The number of carbonyl (C=O) groups excluding carboxylic acids is 1. The third kappa shape index (κ3) is 3.96. The lowest BCUT2D eigenvalue weighted by Crippen LogP contribution is -2.37. The zero-order chi connectivity index (χ0) is 16.3. The van der Waals surface area contributed by atoms with Crippen LogP contribution < -0.4 is 0 Å². The molecule has 2 rings (SSSR count). The summed E-state index contributed by atoms with van der Waals surface area (Å²) in [5.74, 6) is 0.00466. The zero-order valence-electron chi connectivity index (χ0n) is 13.5. The van der Waals surface area contributed by atoms with E-state index < -0.39 is 16.9 Å². The molecule has 3 atom stereocenters. The van der Waals surface area contributed by atoms with Crippen LogP contribution >= 0.6 is 0 Å². The average Bonchev–Trinajstić information content (AvgIpc) is 2.93. The van der Waals surface area contributed by atoms with Crippen LogP contribution in [0.5, 0.6) is 0 Å². The van der Waals surface area contributed by atoms with E-state index in [4.69, 9.17) is 0 Å². The second-order valence-corrected chi connectivity index (χ2v) is 8.26. The molecule has 0 spiro atoms. The largest absolute Gasteiger partial charge is 0.393 e. The monoisotopic (exact) mass is 323 g/mol. The number of nitrogens with zero attached hydrogens (tertiary/aromatic N) is 1. The Balaban J connectivity index is 2.11. The molecule has 0 saturated carbocycles. The number of aliphatic hydroxyl groups is 1. The summed E-state index contributed by atoms with van der Waals surface area (Å²) in [7, 11) is -1.03. The summed E-state index contributed by atoms with van der Waals surface area (Å²) >= 11 is 0. The van der Waals surface area contributed by atoms with Crippen LogP contribution in [0.3, 0.4) is 0 Å². The Hall–Kier alpha value is -1.20. The topological polar surface area (TPSA) is 57.6 Å². The van der Waals surface area contributed by atoms with Gasteiger partial charge in [-0.2, -0.15) is 0 Å². The smallest absolute Gasteiger partial charge is 0.254 e. The van der Waals surface area contributed by atoms with Crippen LogP contribution in [0, 0.1) is 0 Å². The Kier molecular flexibility index (Phi) is 5.75. The van der Waals surface area contributed by atoms with Crippen LogP contribution in [0.2, 0.25) is 0 Å². The van der Waals surface area contributed by atoms with E-state index in [-0.39, 0.29) is 17.2 Å². The van der Waals surface area contributed by atoms with Gasteiger partial charge in [0, 0.05) is 28.3 Å². The van der Waals surface area contributed by atoms with E-state index in [1.807, 2.05) is 18.7 Å². The van der Waals surface area contributed by atoms with Crippen molar-refractivity contribution in [2.45, 2.75) is 62.3 Å². The van der Waals surface area contributed by atoms with Gasteiger partial charge in [0.1, 0.15) is 0 Å². The third-order valence-corrected chi connectivity index (χ3v) is 5.61. The first kappa shape index (κ1) is 17.2. The number of hydrogen-bond acceptors (Lipinski definition) is 3. The van der Waals surface area contributed by atoms with Crippen molar-refractivity contribution in [1.82, 2.24) is 4.90 Å². The van der Waals surface area contributed by atoms with E-state index in [9.17, 15) is 14.1 Å². The van der Waals surface area contributed by atoms with Gasteiger partial charge in [0.15, 0.2) is 0 Å². The molecule has 5 heteroatoms. The first-order chi connectivity index (χ1) is 10.4. The summed E-state index contributed by atoms with van der Waals surface area (Å²) in [6.07, 6.45) is 2.17. The van der Waals surface area contributed by atoms with Crippen molar-refractivity contribution in [2.75, 3.05) is 6.54 Å². The molecule has 4 nitrogen and oxygen atoms in total. The van der Waals surface area contributed by atoms with Gasteiger partial charge in [-0.25, -0.2) is 0 Å². The molecule has 0 bridgehead atoms. The predicted octanol–water partition coefficient (Wildman–Crippen LogP) is 2.58. The Morgan fingerprint density at radius 2 is 1.95 bits per heavy atom. The summed E-state index contributed by atoms with van der Waals surface area (Å²) in [5, 5.41) is 9.63. The van der Waals surface area contributed by atoms with Gasteiger partial charge in [-0.1, -0.05) is 13.8 Å². The van der Waals surface area contributed by atoms with E-state index >= 15 is 0 Å². The summed E-state index contributed by atoms with van der Waals surface area (Å²) < 4.78 is 12.0. The molecular formula is C17H25NO3S. The standard InChI is InChI=1S/C17H25NO3S/c1-12(2)22(21)16-8-6-14(7-9-16)17(20)18-10-4-5-15(18)11-13(3)19/h6-9,12-13,15,19H,4-5,10-11H2,1-3H3. The van der Waals surface area contributed by atoms with Gasteiger partial charge in [-0.05, 0) is 50.5 Å². The van der Waals surface area contributed by atoms with Crippen LogP contribution in [-0.2, 0) is 10.8 Å². The van der Waals surface area contributed by atoms with Crippen molar-refractivity contribution in [3.05, 3.63) is 29.8 Å². The van der Waals surface area contributed by atoms with Gasteiger partial charge in [0.25, 0.3) is 5.91 Å². The van der Waals surface area contributed by atoms with Crippen LogP contribution in [0.15, 0.2) is 29.2 Å². The molecule has 0 aliphatic carbocycles. The minimum atomic E-state index is -1.03. The summed E-state index contributed by atoms with van der Waals surface area (Å²) in [6, 6.07) is 7.20. The fourth-order valence-corrected chi connectivity index (χ4v) is 3.86. The Labute approximate surface area is 135 Å². The normalized spacial score (nSPS) is 21.1. The van der Waals surface area contributed by atoms with Gasteiger partial charge in [-0.15, -0.1) is 0 Å². The minimum absolute atomic E-state index is 0.00466. The lowest BCUT2D eigenvalue weighted by atomic mass is 10.1. The molecule has 1 heterocycles. The first-order valence-electron chi connectivity index (χ1n) is 7.90. The summed E-state index contributed by atoms with van der Waals surface area (Å²) in [6.45, 7) is 6.34. The summed E-state index contributed by atoms with van der Waals surface area (Å²) in [4.78, 5) is 15.2. The number of rotatable bonds is 5. The molecule has 1 aliphatic rings. The molecule has 0 aromatic heterocycles. The number of likely N-dealkylation sites (tertiary alicyclic amines) is 1. The lowest BCUT2D eigenvalue weighted by molar-refractivity contribution is 0.0682. The second kappa shape index (κ2) is 7.38. The van der Waals surface area contributed by atoms with E-state index in [1.165, 1.54) is 0 Å². The third-order valence-electron chi connectivity index (χ3n) is 4.01. The molecule has 1 aromatic rings. The highest BCUT2D eigenvalue weighted by Crippen LogP contribution is 2.24. The number of benzene rings is 1. The Morgan fingerprint density at radius 1 is 1.32 bits per heavy atom. The number of aliphatic hydroxyl groups excluding tert-OH is 1. The molecule has 0 radical (unpaired) electrons. The van der Waals surface area contributed by atoms with Crippen molar-refractivity contribution in [3.8, 4) is 0 Å². The minimum Gasteiger partial charge on any atom is -0.393 e. The van der Waals surface area contributed by atoms with Crippen molar-refractivity contribution in [3.63, 3.8) is 0 Å². The highest BCUT2D eigenvalue weighted by Gasteiger charge is 2.30. The molecule has 1 aromatic carbocycles. The molecule has 1 amide bonds. The Morgan fingerprint density at radius 3 is 2.50 bits per heavy atom. The SMILES string of the molecule is CC(O)CC1CCCN1C(=O)c1ccc(S(=O)C(C)C)cc1. The van der Waals surface area contributed by atoms with E-state index in [0.717, 1.165) is 24.3 Å². The fraction of sp³-hybridized carbons (Fsp3) is 0.588. The van der Waals surface area contributed by atoms with Crippen molar-refractivity contribution in [1.29, 1.82) is 0 Å². The molecule has 1 saturated heterocycles. The van der Waals surface area contributed by atoms with Crippen LogP contribution in [0.25, 0.3) is 0 Å². The van der Waals surface area contributed by atoms with Gasteiger partial charge in [0.2, 0.25) is 0 Å². The van der Waals surface area contributed by atoms with E-state index in [0.29, 0.717) is 12.0 Å². The average molecular weight is 323 g/mol. The van der Waals surface area contributed by atoms with Crippen LogP contribution in [0.4, 0.5) is 0 Å². The predicted molar refractivity (Wildman–Crippen MR) is 88.3 cm³/mol. The van der Waals surface area contributed by atoms with E-state index in [2.05, 4.69) is 0 Å². The number of hydrogen-bond donors (Lipinski definition) is 1. The van der Waals surface area contributed by atoms with Crippen molar-refractivity contribution < 1.29 is 14.1 Å². The number of carbonyl (C=O) groups is 1. The first-order valence-corrected chi connectivity index (χ1v) is 9.11. The zero-order valence-corrected chi connectivity index (χ0v) is 14.3. The maximum atomic E-state index is 12.6. The van der Waals surface area contributed by atoms with Crippen molar-refractivity contribution >= 4 is 16.7 Å². The fourth-order valence-electron chi connectivity index (χ4n) is 2.91. The molecule has 1 N–H and O–H groups in total. The van der Waals surface area contributed by atoms with Crippen LogP contribution in [-0.4, -0.2) is 44.1 Å². The molecular weight excluding hydrogens is 298 g/mol. The molecule has 1 aliphatic heterocycles. The van der Waals surface area contributed by atoms with Gasteiger partial charge in [-0.3, -0.25) is 9.00 Å². The molecule has 22 heavy (non-hydrogen) atoms. The van der Waals surface area contributed by atoms with Gasteiger partial charge in [0.05, 0.1) is 16.9 Å². The molecule has 1 fully saturated rings. The highest BCUT2D eigenvalue weighted by molar-refractivity contribution is 7.85. The Bertz CT molecular complexity index is 539. The number of amides is 1. The van der Waals surface area contributed by atoms with Crippen LogP contribution in [0.1, 0.15) is 50.4 Å². The summed E-state index contributed by atoms with van der Waals surface area (Å²) in [5.41, 5.74) is 0.627. The maximum Gasteiger partial charge on any atom is 0.254 e. The highest BCUT2D eigenvalue weighted by atomic mass is 32.2. The van der Waals surface area contributed by atoms with Crippen molar-refractivity contribution in [2.24, 2.45) is 0 Å². The van der Waals surface area contributed by atoms with E-state index in [1.54, 1.807) is 31.2 Å².